The van der Waals surface area contributed by atoms with Crippen LogP contribution in [-0.2, 0) is 24.2 Å². The molecule has 1 aromatic heterocycles. The van der Waals surface area contributed by atoms with E-state index in [-0.39, 0.29) is 35.5 Å². The Morgan fingerprint density at radius 2 is 2.09 bits per heavy atom. The molecule has 2 N–H and O–H groups in total. The highest BCUT2D eigenvalue weighted by atomic mass is 79.9. The molecular formula is C24H24BrN3O5S. The Kier molecular flexibility index (Phi) is 7.27. The van der Waals surface area contributed by atoms with Gasteiger partial charge in [0.15, 0.2) is 0 Å². The number of imidazole rings is 1. The van der Waals surface area contributed by atoms with E-state index in [2.05, 4.69) is 32.7 Å². The molecule has 4 rings (SSSR count). The number of nitrogens with zero attached hydrogens (tertiary/aromatic N) is 2. The molecule has 0 bridgehead atoms. The molecule has 2 aromatic carbocycles. The van der Waals surface area contributed by atoms with E-state index in [9.17, 15) is 19.5 Å². The molecule has 3 aromatic rings. The van der Waals surface area contributed by atoms with Gasteiger partial charge in [-0.2, -0.15) is 0 Å². The molecule has 8 nitrogen and oxygen atoms in total. The van der Waals surface area contributed by atoms with E-state index in [1.807, 2.05) is 19.1 Å². The number of aryl methyl sites for hydroxylation is 2. The van der Waals surface area contributed by atoms with Crippen LogP contribution in [0.5, 0.6) is 5.75 Å². The van der Waals surface area contributed by atoms with E-state index in [0.717, 1.165) is 51.5 Å². The SMILES string of the molecule is CCCc1nc2c(C)cc(Br)cc2n1CCOc1ccc(CC2SC(=O)NC2=O)cc1C(=O)O. The molecule has 0 aliphatic carbocycles. The van der Waals surface area contributed by atoms with Gasteiger partial charge < -0.3 is 14.4 Å². The van der Waals surface area contributed by atoms with Crippen LogP contribution in [0.4, 0.5) is 4.79 Å². The standard InChI is InChI=1S/C24H24BrN3O5S/c1-3-4-20-26-21-13(2)9-15(25)12-17(21)28(20)7-8-33-18-6-5-14(10-16(18)23(30)31)11-19-22(29)27-24(32)34-19/h5-6,9-10,12,19H,3-4,7-8,11H2,1-2H3,(H,30,31)(H,27,29,32). The summed E-state index contributed by atoms with van der Waals surface area (Å²) in [5.74, 6) is -0.243. The van der Waals surface area contributed by atoms with Crippen molar-refractivity contribution in [3.8, 4) is 5.75 Å². The zero-order valence-electron chi connectivity index (χ0n) is 18.8. The maximum atomic E-state index is 11.9. The third kappa shape index (κ3) is 5.12. The maximum Gasteiger partial charge on any atom is 0.339 e. The third-order valence-corrected chi connectivity index (χ3v) is 7.04. The van der Waals surface area contributed by atoms with Crippen molar-refractivity contribution in [1.82, 2.24) is 14.9 Å². The molecule has 1 fully saturated rings. The second-order valence-corrected chi connectivity index (χ2v) is 10.2. The number of hydrogen-bond acceptors (Lipinski definition) is 6. The molecule has 1 atom stereocenters. The van der Waals surface area contributed by atoms with Gasteiger partial charge in [-0.25, -0.2) is 9.78 Å². The molecule has 34 heavy (non-hydrogen) atoms. The number of hydrogen-bond donors (Lipinski definition) is 2. The fourth-order valence-corrected chi connectivity index (χ4v) is 5.47. The summed E-state index contributed by atoms with van der Waals surface area (Å²) in [5, 5.41) is 11.0. The number of nitrogens with one attached hydrogen (secondary N) is 1. The summed E-state index contributed by atoms with van der Waals surface area (Å²) in [7, 11) is 0. The zero-order chi connectivity index (χ0) is 24.4. The van der Waals surface area contributed by atoms with Crippen LogP contribution >= 0.6 is 27.7 Å². The van der Waals surface area contributed by atoms with Crippen LogP contribution in [0.25, 0.3) is 11.0 Å². The van der Waals surface area contributed by atoms with Crippen LogP contribution in [-0.4, -0.2) is 43.6 Å². The summed E-state index contributed by atoms with van der Waals surface area (Å²) in [6.07, 6.45) is 2.05. The van der Waals surface area contributed by atoms with Gasteiger partial charge in [-0.1, -0.05) is 40.7 Å². The quantitative estimate of drug-likeness (QED) is 0.399. The lowest BCUT2D eigenvalue weighted by Crippen LogP contribution is -2.25. The molecule has 178 valence electrons. The van der Waals surface area contributed by atoms with Gasteiger partial charge in [0.25, 0.3) is 5.24 Å². The van der Waals surface area contributed by atoms with Gasteiger partial charge in [-0.3, -0.25) is 14.9 Å². The second-order valence-electron chi connectivity index (χ2n) is 8.09. The average molecular weight is 546 g/mol. The number of carbonyl (C=O) groups is 3. The number of ether oxygens (including phenoxy) is 1. The number of rotatable bonds is 9. The Morgan fingerprint density at radius 3 is 2.76 bits per heavy atom. The minimum absolute atomic E-state index is 0.0232. The molecule has 10 heteroatoms. The Morgan fingerprint density at radius 1 is 1.29 bits per heavy atom. The molecule has 1 aliphatic heterocycles. The lowest BCUT2D eigenvalue weighted by Gasteiger charge is -2.14. The Hall–Kier alpha value is -2.85. The van der Waals surface area contributed by atoms with Crippen LogP contribution in [0.2, 0.25) is 0 Å². The van der Waals surface area contributed by atoms with Crippen molar-refractivity contribution in [3.63, 3.8) is 0 Å². The Labute approximate surface area is 209 Å². The highest BCUT2D eigenvalue weighted by molar-refractivity contribution is 9.10. The highest BCUT2D eigenvalue weighted by Gasteiger charge is 2.31. The fourth-order valence-electron chi connectivity index (χ4n) is 4.05. The van der Waals surface area contributed by atoms with Gasteiger partial charge in [0.05, 0.1) is 22.8 Å². The van der Waals surface area contributed by atoms with Crippen LogP contribution in [0.1, 0.15) is 40.7 Å². The van der Waals surface area contributed by atoms with Gasteiger partial charge in [0, 0.05) is 10.9 Å². The summed E-state index contributed by atoms with van der Waals surface area (Å²) >= 11 is 4.48. The highest BCUT2D eigenvalue weighted by Crippen LogP contribution is 2.28. The van der Waals surface area contributed by atoms with Gasteiger partial charge in [0.2, 0.25) is 5.91 Å². The number of carboxylic acid groups (broad SMARTS) is 1. The number of benzene rings is 2. The van der Waals surface area contributed by atoms with Crippen molar-refractivity contribution < 1.29 is 24.2 Å². The first kappa shape index (κ1) is 24.3. The number of aromatic carboxylic acids is 1. The van der Waals surface area contributed by atoms with Crippen molar-refractivity contribution in [3.05, 3.63) is 57.3 Å². The summed E-state index contributed by atoms with van der Waals surface area (Å²) in [6, 6.07) is 8.92. The number of aromatic nitrogens is 2. The number of halogens is 1. The summed E-state index contributed by atoms with van der Waals surface area (Å²) in [6.45, 7) is 4.92. The largest absolute Gasteiger partial charge is 0.491 e. The minimum Gasteiger partial charge on any atom is -0.491 e. The van der Waals surface area contributed by atoms with E-state index in [0.29, 0.717) is 12.1 Å². The number of thioether (sulfide) groups is 1. The average Bonchev–Trinajstić information content (AvgIpc) is 3.28. The smallest absolute Gasteiger partial charge is 0.339 e. The molecule has 0 radical (unpaired) electrons. The van der Waals surface area contributed by atoms with Crippen molar-refractivity contribution in [2.45, 2.75) is 44.9 Å². The number of carbonyl (C=O) groups excluding carboxylic acids is 2. The summed E-state index contributed by atoms with van der Waals surface area (Å²) in [4.78, 5) is 39.9. The topological polar surface area (TPSA) is 111 Å². The van der Waals surface area contributed by atoms with Crippen molar-refractivity contribution >= 4 is 55.8 Å². The lowest BCUT2D eigenvalue weighted by molar-refractivity contribution is -0.118. The fraction of sp³-hybridized carbons (Fsp3) is 0.333. The minimum atomic E-state index is -1.12. The van der Waals surface area contributed by atoms with E-state index in [1.165, 1.54) is 6.07 Å². The van der Waals surface area contributed by atoms with Crippen molar-refractivity contribution in [2.24, 2.45) is 0 Å². The van der Waals surface area contributed by atoms with Gasteiger partial charge >= 0.3 is 5.97 Å². The van der Waals surface area contributed by atoms with E-state index < -0.39 is 11.2 Å². The number of amides is 2. The predicted octanol–water partition coefficient (Wildman–Crippen LogP) is 4.73. The first-order valence-electron chi connectivity index (χ1n) is 10.9. The third-order valence-electron chi connectivity index (χ3n) is 5.60. The molecule has 2 heterocycles. The van der Waals surface area contributed by atoms with E-state index in [4.69, 9.17) is 9.72 Å². The molecule has 1 aliphatic rings. The first-order chi connectivity index (χ1) is 16.3. The van der Waals surface area contributed by atoms with Crippen LogP contribution in [0.3, 0.4) is 0 Å². The molecular weight excluding hydrogens is 522 g/mol. The van der Waals surface area contributed by atoms with Crippen LogP contribution < -0.4 is 10.1 Å². The first-order valence-corrected chi connectivity index (χ1v) is 12.6. The maximum absolute atomic E-state index is 11.9. The lowest BCUT2D eigenvalue weighted by atomic mass is 10.0. The van der Waals surface area contributed by atoms with E-state index >= 15 is 0 Å². The Balaban J connectivity index is 1.52. The van der Waals surface area contributed by atoms with Crippen molar-refractivity contribution in [2.75, 3.05) is 6.61 Å². The summed E-state index contributed by atoms with van der Waals surface area (Å²) in [5.41, 5.74) is 3.72. The molecule has 1 unspecified atom stereocenters. The van der Waals surface area contributed by atoms with Gasteiger partial charge in [0.1, 0.15) is 23.7 Å². The molecule has 2 amide bonds. The zero-order valence-corrected chi connectivity index (χ0v) is 21.2. The van der Waals surface area contributed by atoms with E-state index in [1.54, 1.807) is 12.1 Å². The number of imide groups is 1. The molecule has 0 spiro atoms. The monoisotopic (exact) mass is 545 g/mol. The second kappa shape index (κ2) is 10.2. The van der Waals surface area contributed by atoms with Gasteiger partial charge in [-0.15, -0.1) is 0 Å². The predicted molar refractivity (Wildman–Crippen MR) is 134 cm³/mol. The number of carboxylic acids is 1. The van der Waals surface area contributed by atoms with Crippen molar-refractivity contribution in [1.29, 1.82) is 0 Å². The van der Waals surface area contributed by atoms with Crippen LogP contribution in [0.15, 0.2) is 34.8 Å². The molecule has 1 saturated heterocycles. The van der Waals surface area contributed by atoms with Gasteiger partial charge in [-0.05, 0) is 55.2 Å². The number of fused-ring (bicyclic) bond motifs is 1. The Bertz CT molecular complexity index is 1290. The summed E-state index contributed by atoms with van der Waals surface area (Å²) < 4.78 is 9.00. The molecule has 0 saturated carbocycles. The van der Waals surface area contributed by atoms with Crippen LogP contribution in [0, 0.1) is 6.92 Å². The normalized spacial score (nSPS) is 15.7.